The Morgan fingerprint density at radius 1 is 1.25 bits per heavy atom. The fourth-order valence-corrected chi connectivity index (χ4v) is 2.65. The standard InChI is InChI=1S/C14H18O2/c1-14(8-3-2-4-9-14)12-7-5-6-11(10-12)13(15)16/h5-7,10H,2-4,8-9H2,1H3,(H,15,16). The maximum absolute atomic E-state index is 10.9. The van der Waals surface area contributed by atoms with Crippen molar-refractivity contribution in [2.75, 3.05) is 0 Å². The number of hydrogen-bond donors (Lipinski definition) is 1. The Labute approximate surface area is 96.3 Å². The van der Waals surface area contributed by atoms with Crippen LogP contribution in [0.25, 0.3) is 0 Å². The van der Waals surface area contributed by atoms with Gasteiger partial charge in [-0.3, -0.25) is 0 Å². The first-order valence-corrected chi connectivity index (χ1v) is 5.96. The van der Waals surface area contributed by atoms with Gasteiger partial charge in [0.05, 0.1) is 5.56 Å². The van der Waals surface area contributed by atoms with Crippen LogP contribution in [0, 0.1) is 0 Å². The molecular weight excluding hydrogens is 200 g/mol. The predicted molar refractivity (Wildman–Crippen MR) is 63.8 cm³/mol. The minimum absolute atomic E-state index is 0.184. The minimum atomic E-state index is -0.832. The first-order valence-electron chi connectivity index (χ1n) is 5.96. The maximum Gasteiger partial charge on any atom is 0.335 e. The molecule has 2 nitrogen and oxygen atoms in total. The third-order valence-electron chi connectivity index (χ3n) is 3.76. The second-order valence-electron chi connectivity index (χ2n) is 5.01. The molecule has 2 rings (SSSR count). The molecule has 0 bridgehead atoms. The summed E-state index contributed by atoms with van der Waals surface area (Å²) in [5.74, 6) is -0.832. The molecule has 1 aromatic rings. The molecule has 16 heavy (non-hydrogen) atoms. The average molecular weight is 218 g/mol. The molecule has 1 aromatic carbocycles. The van der Waals surface area contributed by atoms with E-state index in [4.69, 9.17) is 5.11 Å². The van der Waals surface area contributed by atoms with Crippen molar-refractivity contribution in [2.45, 2.75) is 44.4 Å². The van der Waals surface area contributed by atoms with E-state index in [9.17, 15) is 4.79 Å². The van der Waals surface area contributed by atoms with Crippen LogP contribution in [0.15, 0.2) is 24.3 Å². The quantitative estimate of drug-likeness (QED) is 0.823. The van der Waals surface area contributed by atoms with Crippen molar-refractivity contribution in [1.29, 1.82) is 0 Å². The zero-order valence-corrected chi connectivity index (χ0v) is 9.70. The summed E-state index contributed by atoms with van der Waals surface area (Å²) < 4.78 is 0. The maximum atomic E-state index is 10.9. The highest BCUT2D eigenvalue weighted by molar-refractivity contribution is 5.87. The molecule has 1 aliphatic carbocycles. The third kappa shape index (κ3) is 2.11. The molecule has 2 heteroatoms. The zero-order valence-electron chi connectivity index (χ0n) is 9.70. The molecular formula is C14H18O2. The second kappa shape index (κ2) is 4.28. The summed E-state index contributed by atoms with van der Waals surface area (Å²) in [7, 11) is 0. The Balaban J connectivity index is 2.31. The van der Waals surface area contributed by atoms with Crippen molar-refractivity contribution in [2.24, 2.45) is 0 Å². The molecule has 1 saturated carbocycles. The highest BCUT2D eigenvalue weighted by Gasteiger charge is 2.28. The van der Waals surface area contributed by atoms with Gasteiger partial charge in [-0.1, -0.05) is 38.3 Å². The fourth-order valence-electron chi connectivity index (χ4n) is 2.65. The second-order valence-corrected chi connectivity index (χ2v) is 5.01. The van der Waals surface area contributed by atoms with Gasteiger partial charge in [0, 0.05) is 0 Å². The Bertz CT molecular complexity index is 389. The molecule has 0 aromatic heterocycles. The van der Waals surface area contributed by atoms with E-state index < -0.39 is 5.97 Å². The van der Waals surface area contributed by atoms with Gasteiger partial charge in [-0.2, -0.15) is 0 Å². The molecule has 0 unspecified atom stereocenters. The Kier molecular flexibility index (Phi) is 2.99. The van der Waals surface area contributed by atoms with Crippen molar-refractivity contribution < 1.29 is 9.90 Å². The smallest absolute Gasteiger partial charge is 0.335 e. The van der Waals surface area contributed by atoms with E-state index in [1.807, 2.05) is 12.1 Å². The molecule has 0 heterocycles. The molecule has 1 aliphatic rings. The molecule has 0 radical (unpaired) electrons. The molecule has 0 saturated heterocycles. The van der Waals surface area contributed by atoms with E-state index in [2.05, 4.69) is 13.0 Å². The molecule has 1 N–H and O–H groups in total. The summed E-state index contributed by atoms with van der Waals surface area (Å²) in [6.07, 6.45) is 6.18. The average Bonchev–Trinajstić information content (AvgIpc) is 2.30. The van der Waals surface area contributed by atoms with E-state index in [0.29, 0.717) is 5.56 Å². The molecule has 1 fully saturated rings. The number of hydrogen-bond acceptors (Lipinski definition) is 1. The van der Waals surface area contributed by atoms with E-state index in [1.165, 1.54) is 37.7 Å². The summed E-state index contributed by atoms with van der Waals surface area (Å²) in [5.41, 5.74) is 1.78. The monoisotopic (exact) mass is 218 g/mol. The summed E-state index contributed by atoms with van der Waals surface area (Å²) in [6, 6.07) is 7.43. The topological polar surface area (TPSA) is 37.3 Å². The van der Waals surface area contributed by atoms with Crippen LogP contribution >= 0.6 is 0 Å². The van der Waals surface area contributed by atoms with Gasteiger partial charge in [-0.05, 0) is 36.0 Å². The van der Waals surface area contributed by atoms with E-state index in [0.717, 1.165) is 0 Å². The Hall–Kier alpha value is -1.31. The van der Waals surface area contributed by atoms with Crippen LogP contribution in [0.2, 0.25) is 0 Å². The van der Waals surface area contributed by atoms with E-state index in [1.54, 1.807) is 6.07 Å². The first-order chi connectivity index (χ1) is 7.62. The van der Waals surface area contributed by atoms with Gasteiger partial charge in [0.25, 0.3) is 0 Å². The van der Waals surface area contributed by atoms with Crippen LogP contribution in [0.3, 0.4) is 0 Å². The number of rotatable bonds is 2. The van der Waals surface area contributed by atoms with Gasteiger partial charge in [-0.25, -0.2) is 4.79 Å². The lowest BCUT2D eigenvalue weighted by Gasteiger charge is -2.34. The molecule has 0 aliphatic heterocycles. The molecule has 0 atom stereocenters. The summed E-state index contributed by atoms with van der Waals surface area (Å²) in [4.78, 5) is 10.9. The molecule has 0 spiro atoms. The Morgan fingerprint density at radius 2 is 1.94 bits per heavy atom. The van der Waals surface area contributed by atoms with Crippen molar-refractivity contribution in [3.8, 4) is 0 Å². The molecule has 0 amide bonds. The van der Waals surface area contributed by atoms with Crippen molar-refractivity contribution in [1.82, 2.24) is 0 Å². The highest BCUT2D eigenvalue weighted by atomic mass is 16.4. The van der Waals surface area contributed by atoms with E-state index >= 15 is 0 Å². The highest BCUT2D eigenvalue weighted by Crippen LogP contribution is 2.39. The zero-order chi connectivity index (χ0) is 11.6. The van der Waals surface area contributed by atoms with Crippen LogP contribution < -0.4 is 0 Å². The molecule has 86 valence electrons. The van der Waals surface area contributed by atoms with Crippen molar-refractivity contribution >= 4 is 5.97 Å². The predicted octanol–water partition coefficient (Wildman–Crippen LogP) is 3.61. The number of benzene rings is 1. The van der Waals surface area contributed by atoms with Crippen LogP contribution in [-0.2, 0) is 5.41 Å². The van der Waals surface area contributed by atoms with Gasteiger partial charge in [0.1, 0.15) is 0 Å². The van der Waals surface area contributed by atoms with Gasteiger partial charge >= 0.3 is 5.97 Å². The summed E-state index contributed by atoms with van der Waals surface area (Å²) >= 11 is 0. The lowest BCUT2D eigenvalue weighted by molar-refractivity contribution is 0.0696. The number of carbonyl (C=O) groups is 1. The first kappa shape index (κ1) is 11.2. The van der Waals surface area contributed by atoms with Crippen LogP contribution in [0.4, 0.5) is 0 Å². The minimum Gasteiger partial charge on any atom is -0.478 e. The van der Waals surface area contributed by atoms with Gasteiger partial charge in [0.15, 0.2) is 0 Å². The SMILES string of the molecule is CC1(c2cccc(C(=O)O)c2)CCCCC1. The van der Waals surface area contributed by atoms with Crippen LogP contribution in [0.5, 0.6) is 0 Å². The van der Waals surface area contributed by atoms with Crippen LogP contribution in [0.1, 0.15) is 54.9 Å². The number of carboxylic acid groups (broad SMARTS) is 1. The fraction of sp³-hybridized carbons (Fsp3) is 0.500. The van der Waals surface area contributed by atoms with Crippen molar-refractivity contribution in [3.05, 3.63) is 35.4 Å². The largest absolute Gasteiger partial charge is 0.478 e. The lowest BCUT2D eigenvalue weighted by atomic mass is 9.71. The summed E-state index contributed by atoms with van der Waals surface area (Å²) in [5, 5.41) is 8.99. The lowest BCUT2D eigenvalue weighted by Crippen LogP contribution is -2.25. The Morgan fingerprint density at radius 3 is 2.56 bits per heavy atom. The number of aromatic carboxylic acids is 1. The van der Waals surface area contributed by atoms with Gasteiger partial charge in [0.2, 0.25) is 0 Å². The normalized spacial score (nSPS) is 19.3. The van der Waals surface area contributed by atoms with E-state index in [-0.39, 0.29) is 5.41 Å². The van der Waals surface area contributed by atoms with Gasteiger partial charge in [-0.15, -0.1) is 0 Å². The number of carboxylic acids is 1. The van der Waals surface area contributed by atoms with Crippen molar-refractivity contribution in [3.63, 3.8) is 0 Å². The van der Waals surface area contributed by atoms with Gasteiger partial charge < -0.3 is 5.11 Å². The third-order valence-corrected chi connectivity index (χ3v) is 3.76. The van der Waals surface area contributed by atoms with Crippen LogP contribution in [-0.4, -0.2) is 11.1 Å². The summed E-state index contributed by atoms with van der Waals surface area (Å²) in [6.45, 7) is 2.26.